The van der Waals surface area contributed by atoms with Gasteiger partial charge in [0.05, 0.1) is 5.69 Å². The van der Waals surface area contributed by atoms with Crippen molar-refractivity contribution in [2.24, 2.45) is 0 Å². The van der Waals surface area contributed by atoms with Crippen molar-refractivity contribution in [1.29, 1.82) is 0 Å². The topological polar surface area (TPSA) is 55.1 Å². The van der Waals surface area contributed by atoms with Gasteiger partial charge in [-0.15, -0.1) is 0 Å². The van der Waals surface area contributed by atoms with Crippen molar-refractivity contribution >= 4 is 17.7 Å². The summed E-state index contributed by atoms with van der Waals surface area (Å²) in [5.41, 5.74) is 4.53. The van der Waals surface area contributed by atoms with Gasteiger partial charge in [-0.2, -0.15) is 11.8 Å². The van der Waals surface area contributed by atoms with E-state index in [9.17, 15) is 4.79 Å². The summed E-state index contributed by atoms with van der Waals surface area (Å²) in [6.07, 6.45) is 1.16. The van der Waals surface area contributed by atoms with Gasteiger partial charge in [0.2, 0.25) is 5.91 Å². The molecule has 0 aliphatic rings. The van der Waals surface area contributed by atoms with E-state index in [0.717, 1.165) is 28.5 Å². The first kappa shape index (κ1) is 17.6. The number of benzene rings is 1. The maximum Gasteiger partial charge on any atom is 0.220 e. The molecule has 0 saturated heterocycles. The van der Waals surface area contributed by atoms with Gasteiger partial charge in [-0.05, 0) is 32.8 Å². The van der Waals surface area contributed by atoms with Crippen LogP contribution >= 0.6 is 11.8 Å². The summed E-state index contributed by atoms with van der Waals surface area (Å²) in [4.78, 5) is 11.9. The summed E-state index contributed by atoms with van der Waals surface area (Å²) in [5, 5.41) is 6.87. The molecule has 0 atom stereocenters. The van der Waals surface area contributed by atoms with Gasteiger partial charge in [-0.25, -0.2) is 0 Å². The SMILES string of the molecule is Cc1ccc(CSCCNC(=O)CCc2c(C)noc2C)cc1. The number of hydrogen-bond donors (Lipinski definition) is 1. The molecule has 1 aromatic carbocycles. The Morgan fingerprint density at radius 2 is 1.96 bits per heavy atom. The fourth-order valence-electron chi connectivity index (χ4n) is 2.32. The lowest BCUT2D eigenvalue weighted by Gasteiger charge is -2.06. The minimum absolute atomic E-state index is 0.0842. The summed E-state index contributed by atoms with van der Waals surface area (Å²) < 4.78 is 5.10. The Bertz CT molecular complexity index is 615. The molecule has 1 amide bonds. The van der Waals surface area contributed by atoms with Gasteiger partial charge >= 0.3 is 0 Å². The van der Waals surface area contributed by atoms with Crippen LogP contribution in [0, 0.1) is 20.8 Å². The normalized spacial score (nSPS) is 10.7. The van der Waals surface area contributed by atoms with E-state index in [2.05, 4.69) is 41.7 Å². The van der Waals surface area contributed by atoms with Crippen molar-refractivity contribution in [3.8, 4) is 0 Å². The molecule has 0 unspecified atom stereocenters. The molecule has 2 rings (SSSR count). The molecule has 124 valence electrons. The first-order valence-electron chi connectivity index (χ1n) is 7.88. The smallest absolute Gasteiger partial charge is 0.220 e. The second-order valence-electron chi connectivity index (χ2n) is 5.69. The highest BCUT2D eigenvalue weighted by molar-refractivity contribution is 7.98. The lowest BCUT2D eigenvalue weighted by atomic mass is 10.1. The molecular formula is C18H24N2O2S. The largest absolute Gasteiger partial charge is 0.361 e. The second kappa shape index (κ2) is 8.77. The van der Waals surface area contributed by atoms with Crippen LogP contribution in [0.2, 0.25) is 0 Å². The summed E-state index contributed by atoms with van der Waals surface area (Å²) >= 11 is 1.84. The van der Waals surface area contributed by atoms with Gasteiger partial charge in [-0.1, -0.05) is 35.0 Å². The van der Waals surface area contributed by atoms with E-state index in [1.165, 1.54) is 11.1 Å². The number of thioether (sulfide) groups is 1. The average Bonchev–Trinajstić information content (AvgIpc) is 2.85. The maximum atomic E-state index is 11.9. The Morgan fingerprint density at radius 3 is 2.61 bits per heavy atom. The van der Waals surface area contributed by atoms with Crippen LogP contribution in [0.5, 0.6) is 0 Å². The van der Waals surface area contributed by atoms with Crippen LogP contribution in [0.25, 0.3) is 0 Å². The third-order valence-electron chi connectivity index (χ3n) is 3.74. The summed E-state index contributed by atoms with van der Waals surface area (Å²) in [6.45, 7) is 6.59. The third-order valence-corrected chi connectivity index (χ3v) is 4.77. The molecule has 0 bridgehead atoms. The highest BCUT2D eigenvalue weighted by Gasteiger charge is 2.10. The maximum absolute atomic E-state index is 11.9. The lowest BCUT2D eigenvalue weighted by Crippen LogP contribution is -2.26. The highest BCUT2D eigenvalue weighted by atomic mass is 32.2. The molecule has 0 aliphatic heterocycles. The summed E-state index contributed by atoms with van der Waals surface area (Å²) in [6, 6.07) is 8.58. The molecule has 23 heavy (non-hydrogen) atoms. The fourth-order valence-corrected chi connectivity index (χ4v) is 3.14. The molecule has 0 spiro atoms. The minimum atomic E-state index is 0.0842. The highest BCUT2D eigenvalue weighted by Crippen LogP contribution is 2.14. The van der Waals surface area contributed by atoms with E-state index in [0.29, 0.717) is 19.4 Å². The van der Waals surface area contributed by atoms with Crippen LogP contribution in [0.3, 0.4) is 0 Å². The Balaban J connectivity index is 1.59. The van der Waals surface area contributed by atoms with Crippen molar-refractivity contribution in [1.82, 2.24) is 10.5 Å². The number of nitrogens with zero attached hydrogens (tertiary/aromatic N) is 1. The zero-order valence-electron chi connectivity index (χ0n) is 14.0. The molecule has 1 heterocycles. The standard InChI is InChI=1S/C18H24N2O2S/c1-13-4-6-16(7-5-13)12-23-11-10-19-18(21)9-8-17-14(2)20-22-15(17)3/h4-7H,8-12H2,1-3H3,(H,19,21). The van der Waals surface area contributed by atoms with E-state index in [1.54, 1.807) is 0 Å². The number of nitrogens with one attached hydrogen (secondary N) is 1. The van der Waals surface area contributed by atoms with E-state index < -0.39 is 0 Å². The monoisotopic (exact) mass is 332 g/mol. The second-order valence-corrected chi connectivity index (χ2v) is 6.80. The molecule has 0 radical (unpaired) electrons. The molecule has 1 aromatic heterocycles. The molecule has 0 aliphatic carbocycles. The zero-order chi connectivity index (χ0) is 16.7. The Labute approximate surface area is 142 Å². The van der Waals surface area contributed by atoms with Gasteiger partial charge in [0.25, 0.3) is 0 Å². The van der Waals surface area contributed by atoms with E-state index in [4.69, 9.17) is 4.52 Å². The number of aryl methyl sites for hydroxylation is 3. The number of hydrogen-bond acceptors (Lipinski definition) is 4. The minimum Gasteiger partial charge on any atom is -0.361 e. The average molecular weight is 332 g/mol. The predicted octanol–water partition coefficient (Wildman–Crippen LogP) is 3.58. The molecule has 2 aromatic rings. The van der Waals surface area contributed by atoms with Gasteiger partial charge in [0.1, 0.15) is 5.76 Å². The summed E-state index contributed by atoms with van der Waals surface area (Å²) in [5.74, 6) is 2.80. The van der Waals surface area contributed by atoms with E-state index >= 15 is 0 Å². The zero-order valence-corrected chi connectivity index (χ0v) is 14.8. The van der Waals surface area contributed by atoms with Crippen LogP contribution in [-0.4, -0.2) is 23.4 Å². The van der Waals surface area contributed by atoms with Crippen LogP contribution < -0.4 is 5.32 Å². The van der Waals surface area contributed by atoms with Crippen molar-refractivity contribution in [3.05, 3.63) is 52.4 Å². The Morgan fingerprint density at radius 1 is 1.22 bits per heavy atom. The van der Waals surface area contributed by atoms with Gasteiger partial charge in [0.15, 0.2) is 0 Å². The number of aromatic nitrogens is 1. The van der Waals surface area contributed by atoms with Crippen molar-refractivity contribution < 1.29 is 9.32 Å². The van der Waals surface area contributed by atoms with Crippen molar-refractivity contribution in [3.63, 3.8) is 0 Å². The number of carbonyl (C=O) groups is 1. The Hall–Kier alpha value is -1.75. The lowest BCUT2D eigenvalue weighted by molar-refractivity contribution is -0.120. The predicted molar refractivity (Wildman–Crippen MR) is 94.6 cm³/mol. The van der Waals surface area contributed by atoms with E-state index in [-0.39, 0.29) is 5.91 Å². The summed E-state index contributed by atoms with van der Waals surface area (Å²) in [7, 11) is 0. The third kappa shape index (κ3) is 5.75. The fraction of sp³-hybridized carbons (Fsp3) is 0.444. The number of rotatable bonds is 8. The molecule has 1 N–H and O–H groups in total. The molecule has 0 saturated carbocycles. The van der Waals surface area contributed by atoms with Crippen LogP contribution in [-0.2, 0) is 17.0 Å². The van der Waals surface area contributed by atoms with Crippen LogP contribution in [0.1, 0.15) is 34.6 Å². The molecule has 0 fully saturated rings. The van der Waals surface area contributed by atoms with Gasteiger partial charge < -0.3 is 9.84 Å². The Kier molecular flexibility index (Phi) is 6.71. The van der Waals surface area contributed by atoms with Crippen molar-refractivity contribution in [2.45, 2.75) is 39.4 Å². The molecule has 4 nitrogen and oxygen atoms in total. The van der Waals surface area contributed by atoms with Gasteiger partial charge in [-0.3, -0.25) is 4.79 Å². The number of amides is 1. The number of carbonyl (C=O) groups excluding carboxylic acids is 1. The molecule has 5 heteroatoms. The van der Waals surface area contributed by atoms with Crippen molar-refractivity contribution in [2.75, 3.05) is 12.3 Å². The van der Waals surface area contributed by atoms with Gasteiger partial charge in [0, 0.05) is 30.0 Å². The quantitative estimate of drug-likeness (QED) is 0.751. The first-order chi connectivity index (χ1) is 11.1. The first-order valence-corrected chi connectivity index (χ1v) is 9.03. The van der Waals surface area contributed by atoms with Crippen LogP contribution in [0.15, 0.2) is 28.8 Å². The van der Waals surface area contributed by atoms with E-state index in [1.807, 2.05) is 25.6 Å². The van der Waals surface area contributed by atoms with Crippen LogP contribution in [0.4, 0.5) is 0 Å². The molecular weight excluding hydrogens is 308 g/mol.